The van der Waals surface area contributed by atoms with Gasteiger partial charge in [-0.2, -0.15) is 0 Å². The molecular weight excluding hydrogens is 442 g/mol. The molecule has 4 nitrogen and oxygen atoms in total. The summed E-state index contributed by atoms with van der Waals surface area (Å²) in [5, 5.41) is 13.9. The summed E-state index contributed by atoms with van der Waals surface area (Å²) < 4.78 is 7.22. The zero-order valence-corrected chi connectivity index (χ0v) is 20.5. The molecular formula is C29H29NO3S. The van der Waals surface area contributed by atoms with Gasteiger partial charge in [0.05, 0.1) is 6.42 Å². The van der Waals surface area contributed by atoms with Crippen molar-refractivity contribution in [3.63, 3.8) is 0 Å². The van der Waals surface area contributed by atoms with Crippen molar-refractivity contribution in [3.05, 3.63) is 100 Å². The van der Waals surface area contributed by atoms with Crippen molar-refractivity contribution in [1.82, 2.24) is 4.98 Å². The van der Waals surface area contributed by atoms with E-state index in [0.29, 0.717) is 13.0 Å². The summed E-state index contributed by atoms with van der Waals surface area (Å²) in [4.78, 5) is 15.1. The number of benzene rings is 3. The maximum absolute atomic E-state index is 11.6. The Kier molecular flexibility index (Phi) is 7.33. The molecule has 0 saturated carbocycles. The van der Waals surface area contributed by atoms with Gasteiger partial charge in [-0.25, -0.2) is 0 Å². The highest BCUT2D eigenvalue weighted by molar-refractivity contribution is 7.17. The first-order valence-corrected chi connectivity index (χ1v) is 12.4. The van der Waals surface area contributed by atoms with Crippen LogP contribution in [0.3, 0.4) is 0 Å². The van der Waals surface area contributed by atoms with Gasteiger partial charge < -0.3 is 14.8 Å². The Hall–Kier alpha value is -3.57. The number of aromatic nitrogens is 1. The summed E-state index contributed by atoms with van der Waals surface area (Å²) in [6.45, 7) is 6.58. The molecule has 2 N–H and O–H groups in total. The van der Waals surface area contributed by atoms with Gasteiger partial charge in [-0.05, 0) is 52.6 Å². The first-order valence-electron chi connectivity index (χ1n) is 11.6. The predicted octanol–water partition coefficient (Wildman–Crippen LogP) is 7.51. The number of aliphatic carboxylic acids is 1. The molecule has 0 aliphatic rings. The van der Waals surface area contributed by atoms with Crippen molar-refractivity contribution in [3.8, 4) is 5.75 Å². The third kappa shape index (κ3) is 5.15. The first-order chi connectivity index (χ1) is 16.6. The van der Waals surface area contributed by atoms with Gasteiger partial charge in [0.1, 0.15) is 12.4 Å². The second-order valence-electron chi connectivity index (χ2n) is 8.07. The Morgan fingerprint density at radius 3 is 2.56 bits per heavy atom. The van der Waals surface area contributed by atoms with Gasteiger partial charge >= 0.3 is 5.97 Å². The molecule has 2 heterocycles. The van der Waals surface area contributed by atoms with Crippen LogP contribution in [0, 0.1) is 6.92 Å². The quantitative estimate of drug-likeness (QED) is 0.258. The van der Waals surface area contributed by atoms with Gasteiger partial charge in [-0.1, -0.05) is 61.9 Å². The van der Waals surface area contributed by atoms with Crippen LogP contribution in [0.5, 0.6) is 5.75 Å². The number of carboxylic acids is 1. The predicted molar refractivity (Wildman–Crippen MR) is 141 cm³/mol. The summed E-state index contributed by atoms with van der Waals surface area (Å²) in [6.07, 6.45) is 0.654. The van der Waals surface area contributed by atoms with Crippen LogP contribution in [0.25, 0.3) is 21.0 Å². The van der Waals surface area contributed by atoms with E-state index in [2.05, 4.69) is 35.5 Å². The zero-order chi connectivity index (χ0) is 24.1. The van der Waals surface area contributed by atoms with Crippen LogP contribution in [0.15, 0.2) is 72.1 Å². The smallest absolute Gasteiger partial charge is 0.307 e. The molecule has 0 saturated heterocycles. The van der Waals surface area contributed by atoms with Crippen molar-refractivity contribution in [2.24, 2.45) is 0 Å². The Morgan fingerprint density at radius 2 is 1.79 bits per heavy atom. The molecule has 5 aromatic rings. The number of carbonyl (C=O) groups is 1. The lowest BCUT2D eigenvalue weighted by Crippen LogP contribution is -2.03. The SMILES string of the molecule is CC.Cc1ccc2scc(Cc3[nH]c4cc(OCc5ccccc5)ccc4c3CC(=O)O)c2c1. The minimum atomic E-state index is -0.831. The van der Waals surface area contributed by atoms with Gasteiger partial charge in [0.25, 0.3) is 0 Å². The normalized spacial score (nSPS) is 10.8. The van der Waals surface area contributed by atoms with E-state index in [1.807, 2.05) is 62.4 Å². The third-order valence-corrected chi connectivity index (χ3v) is 6.73. The van der Waals surface area contributed by atoms with Crippen LogP contribution in [0.1, 0.15) is 41.8 Å². The molecule has 0 atom stereocenters. The van der Waals surface area contributed by atoms with Crippen LogP contribution >= 0.6 is 11.3 Å². The second kappa shape index (κ2) is 10.6. The van der Waals surface area contributed by atoms with Gasteiger partial charge in [0, 0.05) is 33.8 Å². The molecule has 0 aliphatic heterocycles. The van der Waals surface area contributed by atoms with Crippen LogP contribution in [0.2, 0.25) is 0 Å². The van der Waals surface area contributed by atoms with E-state index in [1.165, 1.54) is 21.2 Å². The van der Waals surface area contributed by atoms with Crippen molar-refractivity contribution in [1.29, 1.82) is 0 Å². The number of hydrogen-bond donors (Lipinski definition) is 2. The average Bonchev–Trinajstić information content (AvgIpc) is 3.40. The number of nitrogens with one attached hydrogen (secondary N) is 1. The fourth-order valence-corrected chi connectivity index (χ4v) is 5.09. The number of aryl methyl sites for hydroxylation is 1. The Labute approximate surface area is 203 Å². The van der Waals surface area contributed by atoms with Crippen LogP contribution in [-0.4, -0.2) is 16.1 Å². The molecule has 0 fully saturated rings. The van der Waals surface area contributed by atoms with Crippen molar-refractivity contribution >= 4 is 38.3 Å². The number of rotatable bonds is 7. The van der Waals surface area contributed by atoms with Crippen molar-refractivity contribution in [2.45, 2.75) is 40.2 Å². The van der Waals surface area contributed by atoms with E-state index in [-0.39, 0.29) is 6.42 Å². The molecule has 0 aliphatic carbocycles. The number of H-pyrrole nitrogens is 1. The monoisotopic (exact) mass is 471 g/mol. The minimum Gasteiger partial charge on any atom is -0.489 e. The Bertz CT molecular complexity index is 1420. The minimum absolute atomic E-state index is 0.0132. The standard InChI is InChI=1S/C27H23NO3S.C2H6/c1-17-7-10-26-22(11-17)19(16-32-26)12-24-23(14-27(29)30)21-9-8-20(13-25(21)28-24)31-15-18-5-3-2-4-6-18;1-2/h2-11,13,16,28H,12,14-15H2,1H3,(H,29,30);1-2H3. The van der Waals surface area contributed by atoms with E-state index >= 15 is 0 Å². The molecule has 0 spiro atoms. The van der Waals surface area contributed by atoms with Crippen LogP contribution < -0.4 is 4.74 Å². The molecule has 0 amide bonds. The summed E-state index contributed by atoms with van der Waals surface area (Å²) in [5.41, 5.74) is 6.23. The van der Waals surface area contributed by atoms with Gasteiger partial charge in [0.2, 0.25) is 0 Å². The topological polar surface area (TPSA) is 62.3 Å². The number of ether oxygens (including phenoxy) is 1. The van der Waals surface area contributed by atoms with E-state index in [9.17, 15) is 9.90 Å². The molecule has 0 unspecified atom stereocenters. The van der Waals surface area contributed by atoms with E-state index < -0.39 is 5.97 Å². The van der Waals surface area contributed by atoms with E-state index in [1.54, 1.807) is 11.3 Å². The number of aromatic amines is 1. The number of hydrogen-bond acceptors (Lipinski definition) is 3. The fourth-order valence-electron chi connectivity index (χ4n) is 4.15. The maximum Gasteiger partial charge on any atom is 0.307 e. The molecule has 0 bridgehead atoms. The van der Waals surface area contributed by atoms with E-state index in [0.717, 1.165) is 33.5 Å². The molecule has 0 radical (unpaired) electrons. The lowest BCUT2D eigenvalue weighted by Gasteiger charge is -2.06. The zero-order valence-electron chi connectivity index (χ0n) is 19.7. The highest BCUT2D eigenvalue weighted by Crippen LogP contribution is 2.32. The summed E-state index contributed by atoms with van der Waals surface area (Å²) >= 11 is 1.73. The largest absolute Gasteiger partial charge is 0.489 e. The number of fused-ring (bicyclic) bond motifs is 2. The van der Waals surface area contributed by atoms with Gasteiger partial charge in [-0.15, -0.1) is 11.3 Å². The van der Waals surface area contributed by atoms with Gasteiger partial charge in [0.15, 0.2) is 0 Å². The molecule has 5 heteroatoms. The fraction of sp³-hybridized carbons (Fsp3) is 0.207. The third-order valence-electron chi connectivity index (χ3n) is 5.72. The van der Waals surface area contributed by atoms with Crippen LogP contribution in [0.4, 0.5) is 0 Å². The first kappa shape index (κ1) is 23.6. The molecule has 174 valence electrons. The van der Waals surface area contributed by atoms with Crippen molar-refractivity contribution in [2.75, 3.05) is 0 Å². The lowest BCUT2D eigenvalue weighted by atomic mass is 10.0. The van der Waals surface area contributed by atoms with E-state index in [4.69, 9.17) is 4.74 Å². The second-order valence-corrected chi connectivity index (χ2v) is 8.98. The van der Waals surface area contributed by atoms with Crippen molar-refractivity contribution < 1.29 is 14.6 Å². The molecule has 3 aromatic carbocycles. The Balaban J connectivity index is 0.00000133. The molecule has 5 rings (SSSR count). The molecule has 34 heavy (non-hydrogen) atoms. The number of thiophene rings is 1. The van der Waals surface area contributed by atoms with Crippen LogP contribution in [-0.2, 0) is 24.2 Å². The molecule has 2 aromatic heterocycles. The summed E-state index contributed by atoms with van der Waals surface area (Å²) in [5.74, 6) is -0.0739. The Morgan fingerprint density at radius 1 is 1.00 bits per heavy atom. The average molecular weight is 472 g/mol. The highest BCUT2D eigenvalue weighted by atomic mass is 32.1. The maximum atomic E-state index is 11.6. The summed E-state index contributed by atoms with van der Waals surface area (Å²) in [7, 11) is 0. The lowest BCUT2D eigenvalue weighted by molar-refractivity contribution is -0.136. The summed E-state index contributed by atoms with van der Waals surface area (Å²) in [6, 6.07) is 22.3. The van der Waals surface area contributed by atoms with Gasteiger partial charge in [-0.3, -0.25) is 4.79 Å². The number of carboxylic acid groups (broad SMARTS) is 1. The highest BCUT2D eigenvalue weighted by Gasteiger charge is 2.17.